The molecule has 0 atom stereocenters. The fraction of sp³-hybridized carbons (Fsp3) is 0.211. The summed E-state index contributed by atoms with van der Waals surface area (Å²) in [4.78, 5) is 45.1. The molecule has 0 fully saturated rings. The van der Waals surface area contributed by atoms with Gasteiger partial charge >= 0.3 is 11.7 Å². The molecule has 0 aliphatic heterocycles. The lowest BCUT2D eigenvalue weighted by Crippen LogP contribution is -2.25. The third kappa shape index (κ3) is 7.13. The van der Waals surface area contributed by atoms with Crippen LogP contribution < -0.4 is 10.6 Å². The maximum atomic E-state index is 13.3. The number of carbonyl (C=O) groups excluding carboxylic acids is 3. The second-order valence-electron chi connectivity index (χ2n) is 6.00. The predicted octanol–water partition coefficient (Wildman–Crippen LogP) is 3.08. The molecule has 2 rings (SSSR count). The summed E-state index contributed by atoms with van der Waals surface area (Å²) in [5, 5.41) is 16.1. The second-order valence-corrected chi connectivity index (χ2v) is 6.43. The highest BCUT2D eigenvalue weighted by molar-refractivity contribution is 6.30. The number of benzene rings is 2. The van der Waals surface area contributed by atoms with Crippen LogP contribution in [0, 0.1) is 15.9 Å². The van der Waals surface area contributed by atoms with Crippen LogP contribution in [0.1, 0.15) is 23.2 Å². The van der Waals surface area contributed by atoms with E-state index in [1.54, 1.807) is 24.3 Å². The van der Waals surface area contributed by atoms with Crippen LogP contribution in [0.4, 0.5) is 15.8 Å². The standard InChI is InChI=1S/C19H17ClFN3O6/c20-13-5-3-12(4-6-13)19(27)22-9-1-2-18(26)30-11-17(25)23-14-7-8-15(21)16(10-14)24(28)29/h3-8,10H,1-2,9,11H2,(H,22,27)(H,23,25). The Kier molecular flexibility index (Phi) is 8.24. The quantitative estimate of drug-likeness (QED) is 0.268. The number of ether oxygens (including phenoxy) is 1. The molecule has 0 bridgehead atoms. The van der Waals surface area contributed by atoms with Gasteiger partial charge in [0, 0.05) is 35.3 Å². The van der Waals surface area contributed by atoms with Crippen LogP contribution in [0.5, 0.6) is 0 Å². The van der Waals surface area contributed by atoms with Crippen molar-refractivity contribution in [3.63, 3.8) is 0 Å². The lowest BCUT2D eigenvalue weighted by Gasteiger charge is -2.07. The highest BCUT2D eigenvalue weighted by atomic mass is 35.5. The van der Waals surface area contributed by atoms with Gasteiger partial charge in [0.05, 0.1) is 4.92 Å². The Bertz CT molecular complexity index is 952. The van der Waals surface area contributed by atoms with Crippen molar-refractivity contribution in [2.24, 2.45) is 0 Å². The average Bonchev–Trinajstić information content (AvgIpc) is 2.71. The number of nitrogens with one attached hydrogen (secondary N) is 2. The Labute approximate surface area is 175 Å². The number of hydrogen-bond acceptors (Lipinski definition) is 6. The monoisotopic (exact) mass is 437 g/mol. The van der Waals surface area contributed by atoms with Crippen molar-refractivity contribution < 1.29 is 28.4 Å². The molecule has 0 aliphatic rings. The molecular formula is C19H17ClFN3O6. The van der Waals surface area contributed by atoms with E-state index in [1.165, 1.54) is 0 Å². The first-order valence-electron chi connectivity index (χ1n) is 8.69. The summed E-state index contributed by atoms with van der Waals surface area (Å²) in [5.41, 5.74) is -0.362. The van der Waals surface area contributed by atoms with Gasteiger partial charge in [-0.25, -0.2) is 0 Å². The predicted molar refractivity (Wildman–Crippen MR) is 106 cm³/mol. The van der Waals surface area contributed by atoms with Gasteiger partial charge in [0.25, 0.3) is 11.8 Å². The molecule has 0 saturated heterocycles. The van der Waals surface area contributed by atoms with Gasteiger partial charge in [-0.2, -0.15) is 4.39 Å². The van der Waals surface area contributed by atoms with E-state index in [0.29, 0.717) is 17.0 Å². The number of nitrogens with zero attached hydrogens (tertiary/aromatic N) is 1. The third-order valence-corrected chi connectivity index (χ3v) is 3.99. The van der Waals surface area contributed by atoms with E-state index in [9.17, 15) is 28.9 Å². The Balaban J connectivity index is 1.67. The fourth-order valence-corrected chi connectivity index (χ4v) is 2.41. The van der Waals surface area contributed by atoms with Gasteiger partial charge in [0.15, 0.2) is 6.61 Å². The molecule has 0 aliphatic carbocycles. The van der Waals surface area contributed by atoms with Crippen LogP contribution in [-0.4, -0.2) is 35.9 Å². The summed E-state index contributed by atoms with van der Waals surface area (Å²) < 4.78 is 18.1. The number of anilines is 1. The molecule has 9 nitrogen and oxygen atoms in total. The minimum absolute atomic E-state index is 0.00550. The summed E-state index contributed by atoms with van der Waals surface area (Å²) in [6, 6.07) is 9.16. The van der Waals surface area contributed by atoms with E-state index in [2.05, 4.69) is 10.6 Å². The van der Waals surface area contributed by atoms with Crippen LogP contribution in [0.15, 0.2) is 42.5 Å². The first kappa shape index (κ1) is 22.8. The third-order valence-electron chi connectivity index (χ3n) is 3.74. The molecule has 2 aromatic rings. The van der Waals surface area contributed by atoms with E-state index in [-0.39, 0.29) is 24.6 Å². The van der Waals surface area contributed by atoms with Crippen molar-refractivity contribution in [3.05, 3.63) is 69.0 Å². The first-order chi connectivity index (χ1) is 14.3. The number of nitro groups is 1. The number of esters is 1. The molecule has 0 saturated carbocycles. The zero-order valence-corrected chi connectivity index (χ0v) is 16.3. The number of nitro benzene ring substituents is 1. The van der Waals surface area contributed by atoms with Crippen LogP contribution in [0.25, 0.3) is 0 Å². The summed E-state index contributed by atoms with van der Waals surface area (Å²) in [7, 11) is 0. The van der Waals surface area contributed by atoms with E-state index >= 15 is 0 Å². The van der Waals surface area contributed by atoms with Gasteiger partial charge in [0.1, 0.15) is 0 Å². The van der Waals surface area contributed by atoms with Crippen LogP contribution in [-0.2, 0) is 14.3 Å². The second kappa shape index (κ2) is 10.9. The molecule has 11 heteroatoms. The largest absolute Gasteiger partial charge is 0.456 e. The number of rotatable bonds is 9. The van der Waals surface area contributed by atoms with E-state index in [0.717, 1.165) is 18.2 Å². The molecule has 2 N–H and O–H groups in total. The van der Waals surface area contributed by atoms with Crippen LogP contribution >= 0.6 is 11.6 Å². The van der Waals surface area contributed by atoms with Crippen molar-refractivity contribution in [1.29, 1.82) is 0 Å². The van der Waals surface area contributed by atoms with E-state index in [4.69, 9.17) is 16.3 Å². The van der Waals surface area contributed by atoms with Gasteiger partial charge in [-0.15, -0.1) is 0 Å². The zero-order valence-electron chi connectivity index (χ0n) is 15.5. The highest BCUT2D eigenvalue weighted by Crippen LogP contribution is 2.21. The molecule has 0 radical (unpaired) electrons. The molecule has 0 heterocycles. The molecule has 0 aromatic heterocycles. The van der Waals surface area contributed by atoms with Crippen molar-refractivity contribution in [2.75, 3.05) is 18.5 Å². The molecule has 2 amide bonds. The molecule has 30 heavy (non-hydrogen) atoms. The minimum Gasteiger partial charge on any atom is -0.456 e. The number of halogens is 2. The Morgan fingerprint density at radius 1 is 1.13 bits per heavy atom. The summed E-state index contributed by atoms with van der Waals surface area (Å²) in [6.45, 7) is -0.386. The fourth-order valence-electron chi connectivity index (χ4n) is 2.28. The van der Waals surface area contributed by atoms with Gasteiger partial charge < -0.3 is 15.4 Å². The van der Waals surface area contributed by atoms with Crippen molar-refractivity contribution in [3.8, 4) is 0 Å². The Hall–Kier alpha value is -3.53. The number of hydrogen-bond donors (Lipinski definition) is 2. The average molecular weight is 438 g/mol. The maximum Gasteiger partial charge on any atom is 0.306 e. The molecule has 0 unspecified atom stereocenters. The van der Waals surface area contributed by atoms with Crippen LogP contribution in [0.3, 0.4) is 0 Å². The summed E-state index contributed by atoms with van der Waals surface area (Å²) >= 11 is 5.75. The molecule has 2 aromatic carbocycles. The molecule has 158 valence electrons. The van der Waals surface area contributed by atoms with Crippen molar-refractivity contribution in [2.45, 2.75) is 12.8 Å². The Morgan fingerprint density at radius 3 is 2.50 bits per heavy atom. The lowest BCUT2D eigenvalue weighted by molar-refractivity contribution is -0.387. The van der Waals surface area contributed by atoms with Crippen LogP contribution in [0.2, 0.25) is 5.02 Å². The Morgan fingerprint density at radius 2 is 1.83 bits per heavy atom. The number of carbonyl (C=O) groups is 3. The van der Waals surface area contributed by atoms with Gasteiger partial charge in [-0.05, 0) is 42.8 Å². The lowest BCUT2D eigenvalue weighted by atomic mass is 10.2. The number of amides is 2. The molecular weight excluding hydrogens is 421 g/mol. The SMILES string of the molecule is O=C(COC(=O)CCCNC(=O)c1ccc(Cl)cc1)Nc1ccc(F)c([N+](=O)[O-])c1. The first-order valence-corrected chi connectivity index (χ1v) is 9.07. The summed E-state index contributed by atoms with van der Waals surface area (Å²) in [5.74, 6) is -2.74. The van der Waals surface area contributed by atoms with Crippen molar-refractivity contribution >= 4 is 40.8 Å². The van der Waals surface area contributed by atoms with E-state index in [1.807, 2.05) is 0 Å². The minimum atomic E-state index is -1.03. The normalized spacial score (nSPS) is 10.2. The van der Waals surface area contributed by atoms with Gasteiger partial charge in [-0.3, -0.25) is 24.5 Å². The zero-order chi connectivity index (χ0) is 22.1. The molecule has 0 spiro atoms. The van der Waals surface area contributed by atoms with Crippen molar-refractivity contribution in [1.82, 2.24) is 5.32 Å². The topological polar surface area (TPSA) is 128 Å². The highest BCUT2D eigenvalue weighted by Gasteiger charge is 2.16. The van der Waals surface area contributed by atoms with Gasteiger partial charge in [-0.1, -0.05) is 11.6 Å². The smallest absolute Gasteiger partial charge is 0.306 e. The summed E-state index contributed by atoms with van der Waals surface area (Å²) in [6.07, 6.45) is 0.264. The maximum absolute atomic E-state index is 13.3. The van der Waals surface area contributed by atoms with E-state index < -0.39 is 34.9 Å². The van der Waals surface area contributed by atoms with Gasteiger partial charge in [0.2, 0.25) is 5.82 Å².